The average Bonchev–Trinajstić information content (AvgIpc) is 3.03. The number of carbonyl (C=O) groups is 1. The fourth-order valence-electron chi connectivity index (χ4n) is 4.69. The Hall–Kier alpha value is -0.570. The average molecular weight is 278 g/mol. The number of nitrogens with two attached hydrogens (primary N) is 1. The third-order valence-electron chi connectivity index (χ3n) is 5.99. The van der Waals surface area contributed by atoms with E-state index >= 15 is 0 Å². The molecule has 3 atom stereocenters. The molecule has 1 saturated heterocycles. The van der Waals surface area contributed by atoms with Gasteiger partial charge in [0, 0.05) is 25.6 Å². The minimum absolute atomic E-state index is 0.347. The van der Waals surface area contributed by atoms with E-state index in [9.17, 15) is 4.79 Å². The van der Waals surface area contributed by atoms with Gasteiger partial charge in [0.2, 0.25) is 5.91 Å². The SMILES string of the molecule is NC1CCC2CN(C(=O)CCCC3CCCCC3)CC12. The number of amides is 1. The molecule has 0 aromatic carbocycles. The van der Waals surface area contributed by atoms with Gasteiger partial charge in [-0.15, -0.1) is 0 Å². The molecule has 114 valence electrons. The molecule has 3 aliphatic rings. The molecule has 0 bridgehead atoms. The molecule has 1 amide bonds. The van der Waals surface area contributed by atoms with Crippen LogP contribution >= 0.6 is 0 Å². The second-order valence-corrected chi connectivity index (χ2v) is 7.36. The van der Waals surface area contributed by atoms with Crippen LogP contribution in [0.5, 0.6) is 0 Å². The molecule has 0 aromatic rings. The van der Waals surface area contributed by atoms with Crippen LogP contribution in [-0.4, -0.2) is 29.9 Å². The minimum atomic E-state index is 0.347. The number of fused-ring (bicyclic) bond motifs is 1. The lowest BCUT2D eigenvalue weighted by Crippen LogP contribution is -2.33. The Morgan fingerprint density at radius 2 is 1.85 bits per heavy atom. The third kappa shape index (κ3) is 3.19. The first kappa shape index (κ1) is 14.4. The maximum absolute atomic E-state index is 12.3. The predicted molar refractivity (Wildman–Crippen MR) is 81.2 cm³/mol. The summed E-state index contributed by atoms with van der Waals surface area (Å²) in [6.45, 7) is 1.93. The Kier molecular flexibility index (Phi) is 4.65. The van der Waals surface area contributed by atoms with E-state index in [4.69, 9.17) is 5.73 Å². The van der Waals surface area contributed by atoms with Crippen molar-refractivity contribution in [3.05, 3.63) is 0 Å². The van der Waals surface area contributed by atoms with Gasteiger partial charge in [0.25, 0.3) is 0 Å². The Balaban J connectivity index is 1.37. The van der Waals surface area contributed by atoms with Crippen molar-refractivity contribution in [1.82, 2.24) is 4.90 Å². The van der Waals surface area contributed by atoms with Crippen molar-refractivity contribution < 1.29 is 4.79 Å². The van der Waals surface area contributed by atoms with Gasteiger partial charge >= 0.3 is 0 Å². The number of rotatable bonds is 4. The number of carbonyl (C=O) groups excluding carboxylic acids is 1. The van der Waals surface area contributed by atoms with Gasteiger partial charge in [-0.25, -0.2) is 0 Å². The van der Waals surface area contributed by atoms with E-state index in [0.29, 0.717) is 23.8 Å². The van der Waals surface area contributed by atoms with Gasteiger partial charge in [-0.05, 0) is 43.4 Å². The lowest BCUT2D eigenvalue weighted by molar-refractivity contribution is -0.130. The topological polar surface area (TPSA) is 46.3 Å². The van der Waals surface area contributed by atoms with Gasteiger partial charge in [0.05, 0.1) is 0 Å². The van der Waals surface area contributed by atoms with Crippen molar-refractivity contribution in [2.24, 2.45) is 23.5 Å². The van der Waals surface area contributed by atoms with Crippen molar-refractivity contribution in [3.63, 3.8) is 0 Å². The molecule has 1 aliphatic heterocycles. The van der Waals surface area contributed by atoms with Crippen molar-refractivity contribution in [3.8, 4) is 0 Å². The van der Waals surface area contributed by atoms with E-state index in [1.54, 1.807) is 0 Å². The number of likely N-dealkylation sites (tertiary alicyclic amines) is 1. The van der Waals surface area contributed by atoms with Crippen molar-refractivity contribution in [2.45, 2.75) is 70.3 Å². The van der Waals surface area contributed by atoms with Gasteiger partial charge in [-0.2, -0.15) is 0 Å². The smallest absolute Gasteiger partial charge is 0.222 e. The Morgan fingerprint density at radius 3 is 2.60 bits per heavy atom. The molecule has 3 fully saturated rings. The van der Waals surface area contributed by atoms with Crippen LogP contribution < -0.4 is 5.73 Å². The van der Waals surface area contributed by atoms with Gasteiger partial charge in [-0.3, -0.25) is 4.79 Å². The van der Waals surface area contributed by atoms with Crippen LogP contribution in [0.15, 0.2) is 0 Å². The summed E-state index contributed by atoms with van der Waals surface area (Å²) in [4.78, 5) is 14.4. The zero-order chi connectivity index (χ0) is 13.9. The van der Waals surface area contributed by atoms with Crippen LogP contribution in [0.25, 0.3) is 0 Å². The van der Waals surface area contributed by atoms with Crippen molar-refractivity contribution >= 4 is 5.91 Å². The number of nitrogens with zero attached hydrogens (tertiary/aromatic N) is 1. The summed E-state index contributed by atoms with van der Waals surface area (Å²) in [6, 6.07) is 0.347. The highest BCUT2D eigenvalue weighted by molar-refractivity contribution is 5.76. The first-order chi connectivity index (χ1) is 9.74. The highest BCUT2D eigenvalue weighted by Gasteiger charge is 2.42. The van der Waals surface area contributed by atoms with Crippen LogP contribution in [0.3, 0.4) is 0 Å². The molecule has 2 N–H and O–H groups in total. The molecule has 0 aromatic heterocycles. The van der Waals surface area contributed by atoms with Crippen LogP contribution in [0, 0.1) is 17.8 Å². The monoisotopic (exact) mass is 278 g/mol. The molecule has 3 heteroatoms. The minimum Gasteiger partial charge on any atom is -0.342 e. The van der Waals surface area contributed by atoms with Crippen LogP contribution in [-0.2, 0) is 4.79 Å². The van der Waals surface area contributed by atoms with Crippen LogP contribution in [0.2, 0.25) is 0 Å². The summed E-state index contributed by atoms with van der Waals surface area (Å²) < 4.78 is 0. The maximum atomic E-state index is 12.3. The Morgan fingerprint density at radius 1 is 1.05 bits per heavy atom. The summed E-state index contributed by atoms with van der Waals surface area (Å²) in [6.07, 6.45) is 12.6. The molecule has 20 heavy (non-hydrogen) atoms. The van der Waals surface area contributed by atoms with E-state index < -0.39 is 0 Å². The summed E-state index contributed by atoms with van der Waals surface area (Å²) in [5.74, 6) is 2.59. The van der Waals surface area contributed by atoms with E-state index in [0.717, 1.165) is 31.8 Å². The molecule has 0 spiro atoms. The fraction of sp³-hybridized carbons (Fsp3) is 0.941. The molecular weight excluding hydrogens is 248 g/mol. The highest BCUT2D eigenvalue weighted by atomic mass is 16.2. The normalized spacial score (nSPS) is 34.5. The van der Waals surface area contributed by atoms with Crippen molar-refractivity contribution in [2.75, 3.05) is 13.1 Å². The van der Waals surface area contributed by atoms with Gasteiger partial charge < -0.3 is 10.6 Å². The zero-order valence-corrected chi connectivity index (χ0v) is 12.7. The first-order valence-corrected chi connectivity index (χ1v) is 8.77. The summed E-state index contributed by atoms with van der Waals surface area (Å²) in [5, 5.41) is 0. The van der Waals surface area contributed by atoms with Crippen LogP contribution in [0.1, 0.15) is 64.2 Å². The van der Waals surface area contributed by atoms with E-state index in [2.05, 4.69) is 4.90 Å². The zero-order valence-electron chi connectivity index (χ0n) is 12.7. The van der Waals surface area contributed by atoms with Gasteiger partial charge in [0.1, 0.15) is 0 Å². The third-order valence-corrected chi connectivity index (χ3v) is 5.99. The molecular formula is C17H30N2O. The molecule has 2 saturated carbocycles. The van der Waals surface area contributed by atoms with Gasteiger partial charge in [0.15, 0.2) is 0 Å². The lowest BCUT2D eigenvalue weighted by Gasteiger charge is -2.22. The maximum Gasteiger partial charge on any atom is 0.222 e. The Bertz CT molecular complexity index is 338. The molecule has 3 unspecified atom stereocenters. The van der Waals surface area contributed by atoms with Gasteiger partial charge in [-0.1, -0.05) is 32.1 Å². The van der Waals surface area contributed by atoms with E-state index in [1.807, 2.05) is 0 Å². The Labute approximate surface area is 123 Å². The molecule has 0 radical (unpaired) electrons. The second-order valence-electron chi connectivity index (χ2n) is 7.36. The largest absolute Gasteiger partial charge is 0.342 e. The summed E-state index contributed by atoms with van der Waals surface area (Å²) >= 11 is 0. The lowest BCUT2D eigenvalue weighted by atomic mass is 9.86. The fourth-order valence-corrected chi connectivity index (χ4v) is 4.69. The number of hydrogen-bond acceptors (Lipinski definition) is 2. The summed E-state index contributed by atoms with van der Waals surface area (Å²) in [5.41, 5.74) is 6.14. The molecule has 2 aliphatic carbocycles. The molecule has 3 rings (SSSR count). The second kappa shape index (κ2) is 6.46. The van der Waals surface area contributed by atoms with E-state index in [-0.39, 0.29) is 0 Å². The highest BCUT2D eigenvalue weighted by Crippen LogP contribution is 2.37. The number of hydrogen-bond donors (Lipinski definition) is 1. The van der Waals surface area contributed by atoms with Crippen LogP contribution in [0.4, 0.5) is 0 Å². The quantitative estimate of drug-likeness (QED) is 0.859. The first-order valence-electron chi connectivity index (χ1n) is 8.77. The standard InChI is InChI=1S/C17H30N2O/c18-16-10-9-14-11-19(12-15(14)16)17(20)8-4-7-13-5-2-1-3-6-13/h13-16H,1-12,18H2. The van der Waals surface area contributed by atoms with Crippen molar-refractivity contribution in [1.29, 1.82) is 0 Å². The molecule has 3 nitrogen and oxygen atoms in total. The predicted octanol–water partition coefficient (Wildman–Crippen LogP) is 2.93. The molecule has 1 heterocycles. The summed E-state index contributed by atoms with van der Waals surface area (Å²) in [7, 11) is 0. The van der Waals surface area contributed by atoms with E-state index in [1.165, 1.54) is 51.4 Å².